The predicted octanol–water partition coefficient (Wildman–Crippen LogP) is 1.27. The number of urea groups is 1. The molecule has 1 unspecified atom stereocenters. The van der Waals surface area contributed by atoms with Crippen molar-refractivity contribution >= 4 is 23.3 Å². The Morgan fingerprint density at radius 2 is 2.25 bits per heavy atom. The minimum absolute atomic E-state index is 0.131. The summed E-state index contributed by atoms with van der Waals surface area (Å²) < 4.78 is 0. The topological polar surface area (TPSA) is 78.4 Å². The Hall–Kier alpha value is -1.56. The van der Waals surface area contributed by atoms with Crippen LogP contribution in [0.3, 0.4) is 0 Å². The molecule has 2 amide bonds. The molecule has 1 aromatic heterocycles. The van der Waals surface area contributed by atoms with Gasteiger partial charge in [-0.2, -0.15) is 0 Å². The zero-order valence-corrected chi connectivity index (χ0v) is 9.71. The van der Waals surface area contributed by atoms with Gasteiger partial charge in [0.2, 0.25) is 0 Å². The highest BCUT2D eigenvalue weighted by atomic mass is 32.1. The quantitative estimate of drug-likeness (QED) is 0.727. The lowest BCUT2D eigenvalue weighted by Crippen LogP contribution is -2.38. The Bertz CT molecular complexity index is 351. The summed E-state index contributed by atoms with van der Waals surface area (Å²) in [4.78, 5) is 22.8. The molecule has 0 fully saturated rings. The fraction of sp³-hybridized carbons (Fsp3) is 0.400. The van der Waals surface area contributed by atoms with Crippen LogP contribution in [0.5, 0.6) is 0 Å². The molecule has 0 aliphatic carbocycles. The molecule has 1 rings (SSSR count). The van der Waals surface area contributed by atoms with E-state index in [1.165, 1.54) is 0 Å². The lowest BCUT2D eigenvalue weighted by Gasteiger charge is -2.09. The summed E-state index contributed by atoms with van der Waals surface area (Å²) in [6, 6.07) is 3.48. The maximum Gasteiger partial charge on any atom is 0.315 e. The highest BCUT2D eigenvalue weighted by Crippen LogP contribution is 2.06. The molecule has 3 N–H and O–H groups in total. The van der Waals surface area contributed by atoms with E-state index in [0.717, 1.165) is 4.88 Å². The van der Waals surface area contributed by atoms with Crippen molar-refractivity contribution in [1.29, 1.82) is 0 Å². The average molecular weight is 242 g/mol. The van der Waals surface area contributed by atoms with Gasteiger partial charge in [0.1, 0.15) is 0 Å². The Morgan fingerprint density at radius 1 is 1.50 bits per heavy atom. The van der Waals surface area contributed by atoms with Gasteiger partial charge in [-0.05, 0) is 11.4 Å². The summed E-state index contributed by atoms with van der Waals surface area (Å²) in [6.45, 7) is 2.14. The van der Waals surface area contributed by atoms with Crippen LogP contribution >= 0.6 is 11.3 Å². The maximum absolute atomic E-state index is 11.3. The number of carbonyl (C=O) groups excluding carboxylic acids is 1. The Balaban J connectivity index is 2.19. The van der Waals surface area contributed by atoms with Gasteiger partial charge in [-0.15, -0.1) is 11.3 Å². The van der Waals surface area contributed by atoms with E-state index in [4.69, 9.17) is 5.11 Å². The van der Waals surface area contributed by atoms with Crippen molar-refractivity contribution in [3.8, 4) is 0 Å². The van der Waals surface area contributed by atoms with Gasteiger partial charge in [-0.25, -0.2) is 4.79 Å². The molecule has 88 valence electrons. The number of nitrogens with one attached hydrogen (secondary N) is 2. The van der Waals surface area contributed by atoms with Crippen molar-refractivity contribution in [3.05, 3.63) is 22.4 Å². The van der Waals surface area contributed by atoms with Gasteiger partial charge in [0.25, 0.3) is 0 Å². The molecule has 0 saturated carbocycles. The van der Waals surface area contributed by atoms with Gasteiger partial charge in [0.05, 0.1) is 12.5 Å². The Morgan fingerprint density at radius 3 is 2.81 bits per heavy atom. The van der Waals surface area contributed by atoms with Gasteiger partial charge >= 0.3 is 12.0 Å². The van der Waals surface area contributed by atoms with Gasteiger partial charge in [-0.1, -0.05) is 13.0 Å². The number of carboxylic acids is 1. The summed E-state index contributed by atoms with van der Waals surface area (Å²) in [5.74, 6) is -1.49. The first-order valence-corrected chi connectivity index (χ1v) is 5.74. The van der Waals surface area contributed by atoms with Crippen LogP contribution in [-0.4, -0.2) is 23.7 Å². The molecular weight excluding hydrogens is 228 g/mol. The van der Waals surface area contributed by atoms with Crippen molar-refractivity contribution in [2.45, 2.75) is 13.5 Å². The van der Waals surface area contributed by atoms with E-state index in [-0.39, 0.29) is 12.6 Å². The first kappa shape index (κ1) is 12.5. The van der Waals surface area contributed by atoms with E-state index in [1.807, 2.05) is 17.5 Å². The smallest absolute Gasteiger partial charge is 0.315 e. The van der Waals surface area contributed by atoms with Crippen LogP contribution in [0.2, 0.25) is 0 Å². The van der Waals surface area contributed by atoms with E-state index in [0.29, 0.717) is 6.54 Å². The standard InChI is InChI=1S/C10H14N2O3S/c1-7(9(13)14)5-11-10(15)12-6-8-3-2-4-16-8/h2-4,7H,5-6H2,1H3,(H,13,14)(H2,11,12,15). The minimum atomic E-state index is -0.918. The molecule has 1 atom stereocenters. The highest BCUT2D eigenvalue weighted by molar-refractivity contribution is 7.09. The van der Waals surface area contributed by atoms with E-state index in [1.54, 1.807) is 18.3 Å². The van der Waals surface area contributed by atoms with Crippen LogP contribution in [0.15, 0.2) is 17.5 Å². The molecular formula is C10H14N2O3S. The monoisotopic (exact) mass is 242 g/mol. The van der Waals surface area contributed by atoms with Gasteiger partial charge in [-0.3, -0.25) is 4.79 Å². The van der Waals surface area contributed by atoms with Crippen LogP contribution in [0, 0.1) is 5.92 Å². The summed E-state index contributed by atoms with van der Waals surface area (Å²) in [5.41, 5.74) is 0. The number of thiophene rings is 1. The van der Waals surface area contributed by atoms with Crippen LogP contribution in [0.25, 0.3) is 0 Å². The number of carboxylic acid groups (broad SMARTS) is 1. The van der Waals surface area contributed by atoms with Gasteiger partial charge < -0.3 is 15.7 Å². The fourth-order valence-electron chi connectivity index (χ4n) is 0.976. The van der Waals surface area contributed by atoms with Crippen LogP contribution in [0.4, 0.5) is 4.79 Å². The number of aliphatic carboxylic acids is 1. The lowest BCUT2D eigenvalue weighted by atomic mass is 10.2. The van der Waals surface area contributed by atoms with Crippen molar-refractivity contribution < 1.29 is 14.7 Å². The van der Waals surface area contributed by atoms with E-state index in [9.17, 15) is 9.59 Å². The van der Waals surface area contributed by atoms with Crippen molar-refractivity contribution in [2.24, 2.45) is 5.92 Å². The molecule has 0 spiro atoms. The third-order valence-corrected chi connectivity index (χ3v) is 2.87. The zero-order valence-electron chi connectivity index (χ0n) is 8.90. The van der Waals surface area contributed by atoms with Gasteiger partial charge in [0.15, 0.2) is 0 Å². The summed E-state index contributed by atoms with van der Waals surface area (Å²) in [5, 5.41) is 15.7. The molecule has 1 heterocycles. The molecule has 0 aromatic carbocycles. The van der Waals surface area contributed by atoms with E-state index >= 15 is 0 Å². The molecule has 1 aromatic rings. The first-order chi connectivity index (χ1) is 7.59. The maximum atomic E-state index is 11.3. The molecule has 0 radical (unpaired) electrons. The fourth-order valence-corrected chi connectivity index (χ4v) is 1.62. The first-order valence-electron chi connectivity index (χ1n) is 4.86. The molecule has 0 bridgehead atoms. The summed E-state index contributed by atoms with van der Waals surface area (Å²) in [6.07, 6.45) is 0. The summed E-state index contributed by atoms with van der Waals surface area (Å²) >= 11 is 1.56. The van der Waals surface area contributed by atoms with E-state index in [2.05, 4.69) is 10.6 Å². The largest absolute Gasteiger partial charge is 0.481 e. The van der Waals surface area contributed by atoms with Crippen molar-refractivity contribution in [2.75, 3.05) is 6.54 Å². The third kappa shape index (κ3) is 4.31. The third-order valence-electron chi connectivity index (χ3n) is 1.99. The number of carbonyl (C=O) groups is 2. The SMILES string of the molecule is CC(CNC(=O)NCc1cccs1)C(=O)O. The van der Waals surface area contributed by atoms with Crippen molar-refractivity contribution in [1.82, 2.24) is 10.6 Å². The lowest BCUT2D eigenvalue weighted by molar-refractivity contribution is -0.140. The molecule has 16 heavy (non-hydrogen) atoms. The van der Waals surface area contributed by atoms with Crippen LogP contribution in [0.1, 0.15) is 11.8 Å². The number of hydrogen-bond donors (Lipinski definition) is 3. The Labute approximate surface area is 97.5 Å². The summed E-state index contributed by atoms with van der Waals surface area (Å²) in [7, 11) is 0. The second kappa shape index (κ2) is 6.12. The zero-order chi connectivity index (χ0) is 12.0. The van der Waals surface area contributed by atoms with Crippen molar-refractivity contribution in [3.63, 3.8) is 0 Å². The highest BCUT2D eigenvalue weighted by Gasteiger charge is 2.11. The van der Waals surface area contributed by atoms with Gasteiger partial charge in [0, 0.05) is 11.4 Å². The van der Waals surface area contributed by atoms with E-state index < -0.39 is 11.9 Å². The molecule has 6 heteroatoms. The van der Waals surface area contributed by atoms with Crippen LogP contribution < -0.4 is 10.6 Å². The molecule has 0 aliphatic heterocycles. The van der Waals surface area contributed by atoms with Crippen LogP contribution in [-0.2, 0) is 11.3 Å². The normalized spacial score (nSPS) is 11.8. The molecule has 5 nitrogen and oxygen atoms in total. The second-order valence-electron chi connectivity index (χ2n) is 3.38. The predicted molar refractivity (Wildman–Crippen MR) is 61.4 cm³/mol. The number of rotatable bonds is 5. The second-order valence-corrected chi connectivity index (χ2v) is 4.41. The average Bonchev–Trinajstić information content (AvgIpc) is 2.75. The number of hydrogen-bond acceptors (Lipinski definition) is 3. The minimum Gasteiger partial charge on any atom is -0.481 e. The molecule has 0 saturated heterocycles. The molecule has 0 aliphatic rings. The Kier molecular flexibility index (Phi) is 4.78. The number of amides is 2.